The number of alkyl halides is 3. The van der Waals surface area contributed by atoms with E-state index < -0.39 is 29.9 Å². The third kappa shape index (κ3) is 2.14. The van der Waals surface area contributed by atoms with Crippen molar-refractivity contribution in [3.05, 3.63) is 0 Å². The quantitative estimate of drug-likeness (QED) is 0.464. The molecule has 1 atom stereocenters. The van der Waals surface area contributed by atoms with E-state index in [2.05, 4.69) is 0 Å². The summed E-state index contributed by atoms with van der Waals surface area (Å²) in [7, 11) is 0. The van der Waals surface area contributed by atoms with Crippen molar-refractivity contribution >= 4 is 17.9 Å². The van der Waals surface area contributed by atoms with Crippen molar-refractivity contribution in [3.8, 4) is 0 Å². The van der Waals surface area contributed by atoms with Crippen LogP contribution in [0.15, 0.2) is 0 Å². The number of rotatable bonds is 4. The first-order valence-corrected chi connectivity index (χ1v) is 2.86. The number of carbonyl (C=O) groups is 3. The third-order valence-corrected chi connectivity index (χ3v) is 1.06. The van der Waals surface area contributed by atoms with E-state index in [1.54, 1.807) is 0 Å². The van der Waals surface area contributed by atoms with Gasteiger partial charge in [-0.3, -0.25) is 14.4 Å². The van der Waals surface area contributed by atoms with E-state index in [0.29, 0.717) is 6.92 Å². The van der Waals surface area contributed by atoms with Crippen LogP contribution in [0.5, 0.6) is 0 Å². The highest BCUT2D eigenvalue weighted by atomic mass is 19.3. The summed E-state index contributed by atoms with van der Waals surface area (Å²) in [6, 6.07) is 0. The summed E-state index contributed by atoms with van der Waals surface area (Å²) in [6.07, 6.45) is -3.92. The number of ketones is 2. The molecule has 0 aromatic rings. The molecule has 0 aliphatic carbocycles. The van der Waals surface area contributed by atoms with Crippen LogP contribution in [0.4, 0.5) is 13.2 Å². The summed E-state index contributed by atoms with van der Waals surface area (Å²) >= 11 is 0. The Kier molecular flexibility index (Phi) is 3.12. The Morgan fingerprint density at radius 3 is 2.08 bits per heavy atom. The average Bonchev–Trinajstić information content (AvgIpc) is 2.01. The van der Waals surface area contributed by atoms with E-state index in [4.69, 9.17) is 0 Å². The molecule has 0 heterocycles. The monoisotopic (exact) mass is 182 g/mol. The number of aldehydes is 1. The van der Waals surface area contributed by atoms with Crippen molar-refractivity contribution < 1.29 is 27.6 Å². The fraction of sp³-hybridized carbons (Fsp3) is 0.500. The fourth-order valence-corrected chi connectivity index (χ4v) is 0.412. The van der Waals surface area contributed by atoms with Gasteiger partial charge in [-0.2, -0.15) is 8.78 Å². The van der Waals surface area contributed by atoms with Crippen LogP contribution in [0.25, 0.3) is 0 Å². The van der Waals surface area contributed by atoms with Gasteiger partial charge in [-0.1, -0.05) is 0 Å². The Morgan fingerprint density at radius 2 is 1.83 bits per heavy atom. The van der Waals surface area contributed by atoms with Gasteiger partial charge in [-0.05, 0) is 6.92 Å². The molecular formula is C6H5F3O3. The van der Waals surface area contributed by atoms with Gasteiger partial charge in [0.2, 0.25) is 6.17 Å². The van der Waals surface area contributed by atoms with Gasteiger partial charge >= 0.3 is 5.92 Å². The van der Waals surface area contributed by atoms with E-state index in [1.807, 2.05) is 0 Å². The van der Waals surface area contributed by atoms with Crippen molar-refractivity contribution in [1.82, 2.24) is 0 Å². The predicted molar refractivity (Wildman–Crippen MR) is 31.6 cm³/mol. The first-order chi connectivity index (χ1) is 5.33. The van der Waals surface area contributed by atoms with E-state index in [1.165, 1.54) is 0 Å². The van der Waals surface area contributed by atoms with Crippen molar-refractivity contribution in [3.63, 3.8) is 0 Å². The molecule has 1 unspecified atom stereocenters. The SMILES string of the molecule is CC(=O)C(F)C(=O)C(F)(F)C=O. The Hall–Kier alpha value is -1.20. The summed E-state index contributed by atoms with van der Waals surface area (Å²) < 4.78 is 36.4. The fourth-order valence-electron chi connectivity index (χ4n) is 0.412. The first kappa shape index (κ1) is 10.8. The number of halogens is 3. The zero-order valence-corrected chi connectivity index (χ0v) is 6.01. The van der Waals surface area contributed by atoms with Crippen LogP contribution in [0.1, 0.15) is 6.92 Å². The summed E-state index contributed by atoms with van der Waals surface area (Å²) in [5, 5.41) is 0. The summed E-state index contributed by atoms with van der Waals surface area (Å²) in [6.45, 7) is 0.642. The van der Waals surface area contributed by atoms with Crippen molar-refractivity contribution in [2.45, 2.75) is 19.0 Å². The maximum absolute atomic E-state index is 12.3. The second-order valence-electron chi connectivity index (χ2n) is 2.08. The predicted octanol–water partition coefficient (Wildman–Crippen LogP) is 0.317. The summed E-state index contributed by atoms with van der Waals surface area (Å²) in [5.74, 6) is -8.07. The number of hydrogen-bond acceptors (Lipinski definition) is 3. The van der Waals surface area contributed by atoms with Crippen LogP contribution < -0.4 is 0 Å². The highest BCUT2D eigenvalue weighted by Gasteiger charge is 2.44. The number of carbonyl (C=O) groups excluding carboxylic acids is 3. The minimum Gasteiger partial charge on any atom is -0.296 e. The van der Waals surface area contributed by atoms with Crippen LogP contribution in [0, 0.1) is 0 Å². The number of hydrogen-bond donors (Lipinski definition) is 0. The largest absolute Gasteiger partial charge is 0.363 e. The zero-order valence-electron chi connectivity index (χ0n) is 6.01. The van der Waals surface area contributed by atoms with E-state index >= 15 is 0 Å². The molecule has 0 saturated heterocycles. The molecule has 0 amide bonds. The molecule has 0 aliphatic heterocycles. The molecule has 0 N–H and O–H groups in total. The van der Waals surface area contributed by atoms with Gasteiger partial charge in [0.25, 0.3) is 5.78 Å². The van der Waals surface area contributed by atoms with Crippen LogP contribution in [-0.2, 0) is 14.4 Å². The third-order valence-electron chi connectivity index (χ3n) is 1.06. The smallest absolute Gasteiger partial charge is 0.296 e. The second kappa shape index (κ2) is 3.46. The van der Waals surface area contributed by atoms with Gasteiger partial charge in [0.1, 0.15) is 0 Å². The highest BCUT2D eigenvalue weighted by Crippen LogP contribution is 2.15. The Labute approximate surface area is 65.5 Å². The minimum absolute atomic E-state index is 0.642. The Bertz CT molecular complexity index is 224. The molecule has 0 aromatic carbocycles. The molecule has 0 fully saturated rings. The topological polar surface area (TPSA) is 51.2 Å². The molecule has 0 aromatic heterocycles. The van der Waals surface area contributed by atoms with Crippen LogP contribution in [0.2, 0.25) is 0 Å². The normalized spacial score (nSPS) is 13.7. The molecule has 12 heavy (non-hydrogen) atoms. The first-order valence-electron chi connectivity index (χ1n) is 2.86. The molecular weight excluding hydrogens is 177 g/mol. The minimum atomic E-state index is -4.41. The van der Waals surface area contributed by atoms with Gasteiger partial charge < -0.3 is 0 Å². The molecule has 0 rings (SSSR count). The molecule has 0 aliphatic rings. The van der Waals surface area contributed by atoms with Crippen LogP contribution in [0.3, 0.4) is 0 Å². The van der Waals surface area contributed by atoms with Gasteiger partial charge in [0.05, 0.1) is 0 Å². The van der Waals surface area contributed by atoms with E-state index in [9.17, 15) is 27.6 Å². The lowest BCUT2D eigenvalue weighted by atomic mass is 10.1. The van der Waals surface area contributed by atoms with Gasteiger partial charge in [-0.25, -0.2) is 4.39 Å². The van der Waals surface area contributed by atoms with Gasteiger partial charge in [-0.15, -0.1) is 0 Å². The van der Waals surface area contributed by atoms with Crippen LogP contribution >= 0.6 is 0 Å². The summed E-state index contributed by atoms with van der Waals surface area (Å²) in [5.41, 5.74) is 0. The second-order valence-corrected chi connectivity index (χ2v) is 2.08. The molecule has 6 heteroatoms. The van der Waals surface area contributed by atoms with E-state index in [-0.39, 0.29) is 0 Å². The lowest BCUT2D eigenvalue weighted by molar-refractivity contribution is -0.155. The Balaban J connectivity index is 4.60. The number of Topliss-reactive ketones (excluding diaryl/α,β-unsaturated/α-hetero) is 2. The maximum Gasteiger partial charge on any atom is 0.363 e. The average molecular weight is 182 g/mol. The Morgan fingerprint density at radius 1 is 1.42 bits per heavy atom. The molecule has 0 saturated carbocycles. The lowest BCUT2D eigenvalue weighted by Gasteiger charge is -2.08. The zero-order chi connectivity index (χ0) is 9.94. The van der Waals surface area contributed by atoms with Gasteiger partial charge in [0, 0.05) is 0 Å². The summed E-state index contributed by atoms with van der Waals surface area (Å²) in [4.78, 5) is 29.9. The molecule has 68 valence electrons. The lowest BCUT2D eigenvalue weighted by Crippen LogP contribution is -2.40. The maximum atomic E-state index is 12.3. The molecule has 0 radical (unpaired) electrons. The molecule has 0 spiro atoms. The van der Waals surface area contributed by atoms with Crippen molar-refractivity contribution in [2.75, 3.05) is 0 Å². The highest BCUT2D eigenvalue weighted by molar-refractivity contribution is 6.12. The van der Waals surface area contributed by atoms with Crippen LogP contribution in [-0.4, -0.2) is 29.9 Å². The van der Waals surface area contributed by atoms with Crippen molar-refractivity contribution in [1.29, 1.82) is 0 Å². The van der Waals surface area contributed by atoms with E-state index in [0.717, 1.165) is 0 Å². The molecule has 0 bridgehead atoms. The van der Waals surface area contributed by atoms with Gasteiger partial charge in [0.15, 0.2) is 12.1 Å². The standard InChI is InChI=1S/C6H5F3O3/c1-3(11)4(7)5(12)6(8,9)2-10/h2,4H,1H3. The molecule has 3 nitrogen and oxygen atoms in total. The van der Waals surface area contributed by atoms with Crippen molar-refractivity contribution in [2.24, 2.45) is 0 Å².